The highest BCUT2D eigenvalue weighted by molar-refractivity contribution is 5.74. The van der Waals surface area contributed by atoms with Crippen LogP contribution in [0.3, 0.4) is 0 Å². The van der Waals surface area contributed by atoms with Crippen molar-refractivity contribution in [3.8, 4) is 0 Å². The van der Waals surface area contributed by atoms with Crippen molar-refractivity contribution in [2.45, 2.75) is 52.2 Å². The van der Waals surface area contributed by atoms with E-state index in [0.29, 0.717) is 45.3 Å². The first-order chi connectivity index (χ1) is 11.5. The third-order valence-electron chi connectivity index (χ3n) is 4.48. The van der Waals surface area contributed by atoms with Gasteiger partial charge in [-0.05, 0) is 32.1 Å². The van der Waals surface area contributed by atoms with Crippen LogP contribution in [-0.2, 0) is 9.47 Å². The summed E-state index contributed by atoms with van der Waals surface area (Å²) in [6.45, 7) is 9.92. The molecule has 7 nitrogen and oxygen atoms in total. The van der Waals surface area contributed by atoms with E-state index < -0.39 is 0 Å². The molecule has 7 heteroatoms. The maximum Gasteiger partial charge on any atom is 0.410 e. The van der Waals surface area contributed by atoms with E-state index in [-0.39, 0.29) is 24.3 Å². The van der Waals surface area contributed by atoms with Crippen molar-refractivity contribution < 1.29 is 19.1 Å². The molecule has 1 unspecified atom stereocenters. The van der Waals surface area contributed by atoms with Gasteiger partial charge in [-0.2, -0.15) is 0 Å². The van der Waals surface area contributed by atoms with Gasteiger partial charge in [0.05, 0.1) is 13.2 Å². The summed E-state index contributed by atoms with van der Waals surface area (Å²) >= 11 is 0. The Morgan fingerprint density at radius 1 is 1.08 bits per heavy atom. The van der Waals surface area contributed by atoms with Gasteiger partial charge < -0.3 is 24.6 Å². The van der Waals surface area contributed by atoms with Crippen molar-refractivity contribution in [3.05, 3.63) is 0 Å². The van der Waals surface area contributed by atoms with Crippen LogP contribution in [0.4, 0.5) is 9.59 Å². The van der Waals surface area contributed by atoms with E-state index in [1.54, 1.807) is 9.80 Å². The fourth-order valence-electron chi connectivity index (χ4n) is 3.20. The molecule has 0 bridgehead atoms. The Balaban J connectivity index is 1.68. The summed E-state index contributed by atoms with van der Waals surface area (Å²) < 4.78 is 10.7. The second-order valence-corrected chi connectivity index (χ2v) is 7.13. The summed E-state index contributed by atoms with van der Waals surface area (Å²) in [4.78, 5) is 27.9. The molecule has 2 saturated heterocycles. The maximum absolute atomic E-state index is 12.2. The van der Waals surface area contributed by atoms with E-state index in [1.807, 2.05) is 6.92 Å². The fraction of sp³-hybridized carbons (Fsp3) is 0.882. The zero-order valence-electron chi connectivity index (χ0n) is 15.1. The number of hydrogen-bond donors (Lipinski definition) is 1. The van der Waals surface area contributed by atoms with Gasteiger partial charge in [-0.25, -0.2) is 9.59 Å². The molecule has 0 aromatic carbocycles. The highest BCUT2D eigenvalue weighted by atomic mass is 16.6. The zero-order chi connectivity index (χ0) is 17.5. The average molecular weight is 341 g/mol. The molecule has 138 valence electrons. The van der Waals surface area contributed by atoms with E-state index in [4.69, 9.17) is 9.47 Å². The summed E-state index contributed by atoms with van der Waals surface area (Å²) in [6.07, 6.45) is 2.11. The number of piperidine rings is 1. The van der Waals surface area contributed by atoms with E-state index in [1.165, 1.54) is 0 Å². The van der Waals surface area contributed by atoms with Crippen LogP contribution < -0.4 is 5.32 Å². The Kier molecular flexibility index (Phi) is 7.15. The normalized spacial score (nSPS) is 20.8. The summed E-state index contributed by atoms with van der Waals surface area (Å²) in [6, 6.07) is 0.0994. The average Bonchev–Trinajstić information content (AvgIpc) is 2.55. The minimum absolute atomic E-state index is 0.0233. The fourth-order valence-corrected chi connectivity index (χ4v) is 3.20. The second-order valence-electron chi connectivity index (χ2n) is 7.13. The van der Waals surface area contributed by atoms with Crippen LogP contribution in [0, 0.1) is 5.92 Å². The molecule has 2 aliphatic heterocycles. The number of carbonyl (C=O) groups is 2. The van der Waals surface area contributed by atoms with E-state index in [0.717, 1.165) is 19.3 Å². The summed E-state index contributed by atoms with van der Waals surface area (Å²) in [5.41, 5.74) is 0. The van der Waals surface area contributed by atoms with Gasteiger partial charge in [0.1, 0.15) is 6.10 Å². The van der Waals surface area contributed by atoms with Crippen LogP contribution in [-0.4, -0.2) is 73.5 Å². The second kappa shape index (κ2) is 9.11. The highest BCUT2D eigenvalue weighted by Crippen LogP contribution is 2.15. The van der Waals surface area contributed by atoms with Crippen LogP contribution in [0.5, 0.6) is 0 Å². The van der Waals surface area contributed by atoms with Gasteiger partial charge in [0.15, 0.2) is 0 Å². The van der Waals surface area contributed by atoms with Crippen LogP contribution in [0.1, 0.15) is 40.0 Å². The Labute approximate surface area is 144 Å². The number of morpholine rings is 1. The third-order valence-corrected chi connectivity index (χ3v) is 4.48. The Morgan fingerprint density at radius 2 is 1.71 bits per heavy atom. The van der Waals surface area contributed by atoms with Crippen molar-refractivity contribution in [3.63, 3.8) is 0 Å². The first-order valence-electron chi connectivity index (χ1n) is 9.04. The van der Waals surface area contributed by atoms with Gasteiger partial charge in [-0.1, -0.05) is 13.8 Å². The molecule has 0 saturated carbocycles. The molecule has 2 rings (SSSR count). The smallest absolute Gasteiger partial charge is 0.410 e. The minimum Gasteiger partial charge on any atom is -0.446 e. The molecule has 2 fully saturated rings. The monoisotopic (exact) mass is 341 g/mol. The van der Waals surface area contributed by atoms with E-state index in [9.17, 15) is 9.59 Å². The number of nitrogens with zero attached hydrogens (tertiary/aromatic N) is 2. The minimum atomic E-state index is -0.235. The van der Waals surface area contributed by atoms with Gasteiger partial charge in [-0.3, -0.25) is 0 Å². The van der Waals surface area contributed by atoms with Crippen molar-refractivity contribution in [1.29, 1.82) is 0 Å². The predicted octanol–water partition coefficient (Wildman–Crippen LogP) is 2.06. The SMILES string of the molecule is CC(C)CC(C)OC(=O)N1CCC(NC(=O)N2CCOCC2)CC1. The molecule has 0 aliphatic carbocycles. The highest BCUT2D eigenvalue weighted by Gasteiger charge is 2.27. The van der Waals surface area contributed by atoms with Crippen LogP contribution >= 0.6 is 0 Å². The molecule has 0 radical (unpaired) electrons. The molecule has 0 aromatic rings. The lowest BCUT2D eigenvalue weighted by molar-refractivity contribution is 0.0481. The molecular weight excluding hydrogens is 310 g/mol. The van der Waals surface area contributed by atoms with Crippen LogP contribution in [0.25, 0.3) is 0 Å². The first kappa shape index (κ1) is 18.8. The quantitative estimate of drug-likeness (QED) is 0.850. The molecule has 3 amide bonds. The lowest BCUT2D eigenvalue weighted by Crippen LogP contribution is -2.52. The largest absolute Gasteiger partial charge is 0.446 e. The lowest BCUT2D eigenvalue weighted by Gasteiger charge is -2.34. The molecule has 2 aliphatic rings. The Morgan fingerprint density at radius 3 is 2.29 bits per heavy atom. The van der Waals surface area contributed by atoms with Crippen molar-refractivity contribution in [1.82, 2.24) is 15.1 Å². The Bertz CT molecular complexity index is 416. The topological polar surface area (TPSA) is 71.1 Å². The number of nitrogens with one attached hydrogen (secondary N) is 1. The summed E-state index contributed by atoms with van der Waals surface area (Å²) in [7, 11) is 0. The van der Waals surface area contributed by atoms with Crippen LogP contribution in [0.15, 0.2) is 0 Å². The van der Waals surface area contributed by atoms with Gasteiger partial charge in [0, 0.05) is 32.2 Å². The number of carbonyl (C=O) groups excluding carboxylic acids is 2. The van der Waals surface area contributed by atoms with Crippen molar-refractivity contribution >= 4 is 12.1 Å². The number of rotatable bonds is 4. The number of likely N-dealkylation sites (tertiary alicyclic amines) is 1. The third kappa shape index (κ3) is 5.85. The molecule has 0 aromatic heterocycles. The van der Waals surface area contributed by atoms with Gasteiger partial charge in [-0.15, -0.1) is 0 Å². The summed E-state index contributed by atoms with van der Waals surface area (Å²) in [5, 5.41) is 3.07. The van der Waals surface area contributed by atoms with Crippen molar-refractivity contribution in [2.75, 3.05) is 39.4 Å². The molecule has 24 heavy (non-hydrogen) atoms. The molecular formula is C17H31N3O4. The van der Waals surface area contributed by atoms with Crippen LogP contribution in [0.2, 0.25) is 0 Å². The summed E-state index contributed by atoms with van der Waals surface area (Å²) in [5.74, 6) is 0.508. The molecule has 1 atom stereocenters. The predicted molar refractivity (Wildman–Crippen MR) is 90.9 cm³/mol. The number of hydrogen-bond acceptors (Lipinski definition) is 4. The van der Waals surface area contributed by atoms with Gasteiger partial charge >= 0.3 is 12.1 Å². The molecule has 0 spiro atoms. The number of urea groups is 1. The number of amides is 3. The lowest BCUT2D eigenvalue weighted by atomic mass is 10.1. The maximum atomic E-state index is 12.2. The number of ether oxygens (including phenoxy) is 2. The first-order valence-corrected chi connectivity index (χ1v) is 9.04. The van der Waals surface area contributed by atoms with Gasteiger partial charge in [0.25, 0.3) is 0 Å². The molecule has 2 heterocycles. The standard InChI is InChI=1S/C17H31N3O4/c1-13(2)12-14(3)24-17(22)20-6-4-15(5-7-20)18-16(21)19-8-10-23-11-9-19/h13-15H,4-12H2,1-3H3,(H,18,21). The van der Waals surface area contributed by atoms with E-state index >= 15 is 0 Å². The van der Waals surface area contributed by atoms with Gasteiger partial charge in [0.2, 0.25) is 0 Å². The Hall–Kier alpha value is -1.50. The molecule has 1 N–H and O–H groups in total. The zero-order valence-corrected chi connectivity index (χ0v) is 15.1. The van der Waals surface area contributed by atoms with E-state index in [2.05, 4.69) is 19.2 Å². The van der Waals surface area contributed by atoms with Crippen molar-refractivity contribution in [2.24, 2.45) is 5.92 Å².